The van der Waals surface area contributed by atoms with E-state index >= 15 is 0 Å². The maximum Gasteiger partial charge on any atom is -1.00 e. The number of allylic oxidation sites excluding steroid dienone is 8. The Kier molecular flexibility index (Phi) is 12.9. The monoisotopic (exact) mass is 752 g/mol. The van der Waals surface area contributed by atoms with Crippen molar-refractivity contribution in [2.24, 2.45) is 11.3 Å². The Balaban J connectivity index is 0.000000246. The molecule has 48 heavy (non-hydrogen) atoms. The summed E-state index contributed by atoms with van der Waals surface area (Å²) in [5, 5.41) is 5.61. The predicted octanol–water partition coefficient (Wildman–Crippen LogP) is 6.63. The van der Waals surface area contributed by atoms with Crippen LogP contribution >= 0.6 is 0 Å². The van der Waals surface area contributed by atoms with Crippen LogP contribution in [0.3, 0.4) is 0 Å². The van der Waals surface area contributed by atoms with Gasteiger partial charge in [-0.25, -0.2) is 6.08 Å². The minimum Gasteiger partial charge on any atom is -1.00 e. The molecule has 0 radical (unpaired) electrons. The van der Waals surface area contributed by atoms with E-state index in [4.69, 9.17) is 0 Å². The Bertz CT molecular complexity index is 1820. The third-order valence-corrected chi connectivity index (χ3v) is 10.8. The van der Waals surface area contributed by atoms with Crippen LogP contribution in [0.4, 0.5) is 0 Å². The van der Waals surface area contributed by atoms with Gasteiger partial charge in [0.05, 0.1) is 0 Å². The molecule has 0 aromatic heterocycles. The van der Waals surface area contributed by atoms with Gasteiger partial charge < -0.3 is 24.8 Å². The maximum atomic E-state index is 3.26. The quantitative estimate of drug-likeness (QED) is 0.192. The summed E-state index contributed by atoms with van der Waals surface area (Å²) in [5.74, 6) is 0.522. The Morgan fingerprint density at radius 3 is 1.58 bits per heavy atom. The molecule has 7 rings (SSSR count). The number of fused-ring (bicyclic) bond motifs is 5. The molecule has 3 heteroatoms. The first-order valence-corrected chi connectivity index (χ1v) is 18.2. The van der Waals surface area contributed by atoms with Gasteiger partial charge in [0, 0.05) is 0 Å². The van der Waals surface area contributed by atoms with E-state index < -0.39 is 0 Å². The fraction of sp³-hybridized carbons (Fsp3) is 0.378. The molecule has 0 aliphatic heterocycles. The first-order valence-electron chi connectivity index (χ1n) is 17.0. The largest absolute Gasteiger partial charge is 1.00 e. The zero-order valence-electron chi connectivity index (χ0n) is 30.8. The molecule has 0 amide bonds. The second-order valence-corrected chi connectivity index (χ2v) is 17.9. The van der Waals surface area contributed by atoms with Gasteiger partial charge in [-0.2, -0.15) is 11.6 Å². The first-order chi connectivity index (χ1) is 21.5. The van der Waals surface area contributed by atoms with Crippen molar-refractivity contribution in [3.8, 4) is 0 Å². The summed E-state index contributed by atoms with van der Waals surface area (Å²) in [6, 6.07) is 22.7. The molecule has 3 aliphatic carbocycles. The van der Waals surface area contributed by atoms with Gasteiger partial charge in [-0.1, -0.05) is 102 Å². The number of benzene rings is 3. The molecule has 3 aliphatic rings. The van der Waals surface area contributed by atoms with Gasteiger partial charge in [-0.15, -0.1) is 39.7 Å². The van der Waals surface area contributed by atoms with Crippen molar-refractivity contribution in [2.45, 2.75) is 99.8 Å². The molecular weight excluding hydrogens is 703 g/mol. The average molecular weight is 755 g/mol. The molecule has 0 fully saturated rings. The zero-order chi connectivity index (χ0) is 33.6. The molecule has 4 aromatic rings. The van der Waals surface area contributed by atoms with Crippen LogP contribution in [0.25, 0.3) is 32.7 Å². The fourth-order valence-corrected chi connectivity index (χ4v) is 7.29. The average Bonchev–Trinajstić information content (AvgIpc) is 3.60. The summed E-state index contributed by atoms with van der Waals surface area (Å²) < 4.78 is 1.46. The first kappa shape index (κ1) is 40.3. The molecule has 1 atom stereocenters. The second-order valence-electron chi connectivity index (χ2n) is 16.0. The van der Waals surface area contributed by atoms with E-state index in [0.29, 0.717) is 11.3 Å². The van der Waals surface area contributed by atoms with E-state index in [1.807, 2.05) is 6.07 Å². The van der Waals surface area contributed by atoms with E-state index in [1.165, 1.54) is 93.5 Å². The summed E-state index contributed by atoms with van der Waals surface area (Å²) in [6.07, 6.45) is 14.7. The van der Waals surface area contributed by atoms with Crippen LogP contribution in [0.2, 0.25) is 0 Å². The summed E-state index contributed by atoms with van der Waals surface area (Å²) in [7, 11) is 0. The normalized spacial score (nSPS) is 18.4. The molecule has 0 heterocycles. The summed E-state index contributed by atoms with van der Waals surface area (Å²) in [6.45, 7) is 25.0. The van der Waals surface area contributed by atoms with Gasteiger partial charge >= 0.3 is 70.3 Å². The van der Waals surface area contributed by atoms with Crippen molar-refractivity contribution >= 4 is 35.9 Å². The van der Waals surface area contributed by atoms with Gasteiger partial charge in [0.15, 0.2) is 0 Å². The van der Waals surface area contributed by atoms with Crippen molar-refractivity contribution < 1.29 is 49.0 Å². The van der Waals surface area contributed by atoms with Gasteiger partial charge in [0.1, 0.15) is 0 Å². The number of halogens is 2. The molecule has 1 unspecified atom stereocenters. The van der Waals surface area contributed by atoms with Crippen LogP contribution in [0, 0.1) is 17.4 Å². The molecule has 0 saturated heterocycles. The second kappa shape index (κ2) is 15.4. The molecule has 0 bridgehead atoms. The van der Waals surface area contributed by atoms with Crippen molar-refractivity contribution in [1.29, 1.82) is 0 Å². The standard InChI is InChI=1S/C27H29.C10H15.C8H8.2ClH.Zr/c1-16-7-9-26(3,4)24-12-18-11-19-13-25-21(17(2)8-10-27(25,5)6)15-23(19)22(18)14-20(16)24;1-8-5-6-9(7-8)10(2,3)4;1-2-8-6-4-3-5-7-8;;;/h7-8,11-15H,9-10H2,1-6H3;6-8H,1-4H3;3-7H,1H3;2*1H;/q2*-1;;;;+2/p-2. The van der Waals surface area contributed by atoms with Crippen LogP contribution in [0.5, 0.6) is 0 Å². The van der Waals surface area contributed by atoms with Gasteiger partial charge in [-0.3, -0.25) is 6.08 Å². The van der Waals surface area contributed by atoms with Gasteiger partial charge in [0.2, 0.25) is 0 Å². The van der Waals surface area contributed by atoms with E-state index in [2.05, 4.69) is 161 Å². The Morgan fingerprint density at radius 2 is 1.25 bits per heavy atom. The van der Waals surface area contributed by atoms with Gasteiger partial charge in [-0.05, 0) is 59.8 Å². The molecule has 252 valence electrons. The van der Waals surface area contributed by atoms with Crippen molar-refractivity contribution in [3.63, 3.8) is 0 Å². The predicted molar refractivity (Wildman–Crippen MR) is 200 cm³/mol. The van der Waals surface area contributed by atoms with E-state index in [1.54, 1.807) is 0 Å². The topological polar surface area (TPSA) is 0 Å². The van der Waals surface area contributed by atoms with Crippen LogP contribution in [-0.4, -0.2) is 3.21 Å². The van der Waals surface area contributed by atoms with E-state index in [0.717, 1.165) is 12.8 Å². The van der Waals surface area contributed by atoms with Crippen molar-refractivity contribution in [2.75, 3.05) is 0 Å². The summed E-state index contributed by atoms with van der Waals surface area (Å²) in [5.41, 5.74) is 12.3. The molecule has 0 nitrogen and oxygen atoms in total. The molecular formula is C45H52Cl2Zr-2. The zero-order valence-corrected chi connectivity index (χ0v) is 34.8. The van der Waals surface area contributed by atoms with Crippen LogP contribution in [0.1, 0.15) is 117 Å². The summed E-state index contributed by atoms with van der Waals surface area (Å²) in [4.78, 5) is 0. The van der Waals surface area contributed by atoms with Crippen LogP contribution in [0.15, 0.2) is 90.5 Å². The molecule has 0 saturated carbocycles. The maximum absolute atomic E-state index is 3.26. The minimum atomic E-state index is 0. The summed E-state index contributed by atoms with van der Waals surface area (Å²) >= 11 is 1.51. The number of rotatable bonds is 1. The fourth-order valence-electron chi connectivity index (χ4n) is 6.88. The molecule has 0 N–H and O–H groups in total. The smallest absolute Gasteiger partial charge is 1.00 e. The van der Waals surface area contributed by atoms with Gasteiger partial charge in [0.25, 0.3) is 0 Å². The van der Waals surface area contributed by atoms with Crippen LogP contribution in [-0.2, 0) is 35.1 Å². The van der Waals surface area contributed by atoms with E-state index in [-0.39, 0.29) is 35.6 Å². The third-order valence-electron chi connectivity index (χ3n) is 10.1. The number of hydrogen-bond donors (Lipinski definition) is 0. The number of hydrogen-bond acceptors (Lipinski definition) is 0. The Hall–Kier alpha value is -2.18. The van der Waals surface area contributed by atoms with Crippen molar-refractivity contribution in [1.82, 2.24) is 0 Å². The van der Waals surface area contributed by atoms with E-state index in [9.17, 15) is 0 Å². The Morgan fingerprint density at radius 1 is 0.792 bits per heavy atom. The van der Waals surface area contributed by atoms with Crippen molar-refractivity contribution in [3.05, 3.63) is 124 Å². The minimum absolute atomic E-state index is 0. The van der Waals surface area contributed by atoms with Crippen LogP contribution < -0.4 is 24.8 Å². The Labute approximate surface area is 318 Å². The molecule has 0 spiro atoms. The molecule has 4 aromatic carbocycles. The SMILES string of the molecule is CC1=CCC(C)(C)c2cc3[cH-]c4cc5c(cc4c3cc21)C(C)=CCC5(C)C.CC1[C-]=CC(C(C)(C)C)=C1.C[C](=[Zr+2])c1ccccc1.[Cl-].[Cl-]. The third kappa shape index (κ3) is 8.57.